The maximum absolute atomic E-state index is 10.9. The fourth-order valence-electron chi connectivity index (χ4n) is 2.99. The number of nitrogens with zero attached hydrogens (tertiary/aromatic N) is 3. The quantitative estimate of drug-likeness (QED) is 0.866. The van der Waals surface area contributed by atoms with Gasteiger partial charge in [0.25, 0.3) is 0 Å². The lowest BCUT2D eigenvalue weighted by Gasteiger charge is -2.25. The number of rotatable bonds is 4. The first-order valence-corrected chi connectivity index (χ1v) is 6.74. The molecule has 1 saturated heterocycles. The zero-order chi connectivity index (χ0) is 12.8. The Morgan fingerprint density at radius 2 is 2.33 bits per heavy atom. The van der Waals surface area contributed by atoms with Gasteiger partial charge in [0, 0.05) is 25.7 Å². The Labute approximate surface area is 107 Å². The van der Waals surface area contributed by atoms with Gasteiger partial charge in [-0.3, -0.25) is 9.58 Å². The number of aryl methyl sites for hydroxylation is 1. The van der Waals surface area contributed by atoms with Gasteiger partial charge in [-0.25, -0.2) is 0 Å². The van der Waals surface area contributed by atoms with Gasteiger partial charge in [-0.05, 0) is 26.2 Å². The van der Waals surface area contributed by atoms with Gasteiger partial charge < -0.3 is 9.84 Å². The predicted octanol–water partition coefficient (Wildman–Crippen LogP) is 0.967. The van der Waals surface area contributed by atoms with E-state index in [1.165, 1.54) is 12.8 Å². The Kier molecular flexibility index (Phi) is 2.83. The van der Waals surface area contributed by atoms with Gasteiger partial charge in [-0.1, -0.05) is 0 Å². The summed E-state index contributed by atoms with van der Waals surface area (Å²) in [7, 11) is 1.64. The number of hydrogen-bond acceptors (Lipinski definition) is 4. The lowest BCUT2D eigenvalue weighted by atomic mass is 9.98. The lowest BCUT2D eigenvalue weighted by Crippen LogP contribution is -2.34. The largest absolute Gasteiger partial charge is 0.493 e. The summed E-state index contributed by atoms with van der Waals surface area (Å²) in [6, 6.07) is 0.697. The number of methoxy groups -OCH3 is 1. The zero-order valence-electron chi connectivity index (χ0n) is 11.1. The van der Waals surface area contributed by atoms with Gasteiger partial charge in [0.05, 0.1) is 13.3 Å². The second kappa shape index (κ2) is 4.24. The molecule has 1 unspecified atom stereocenters. The normalized spacial score (nSPS) is 28.8. The molecule has 1 aromatic heterocycles. The molecule has 1 aliphatic carbocycles. The molecule has 1 saturated carbocycles. The van der Waals surface area contributed by atoms with E-state index in [2.05, 4.69) is 10.00 Å². The molecule has 0 bridgehead atoms. The van der Waals surface area contributed by atoms with Crippen molar-refractivity contribution in [3.63, 3.8) is 0 Å². The molecule has 0 amide bonds. The third-order valence-corrected chi connectivity index (χ3v) is 4.11. The van der Waals surface area contributed by atoms with E-state index >= 15 is 0 Å². The average Bonchev–Trinajstić information content (AvgIpc) is 3.01. The minimum absolute atomic E-state index is 0.697. The summed E-state index contributed by atoms with van der Waals surface area (Å²) in [5.74, 6) is 0.706. The standard InChI is InChI=1S/C13H21N3O2/c1-3-16-12(11(18-2)8-14-16)13(17)6-7-15(9-13)10-4-5-10/h8,10,17H,3-7,9H2,1-2H3. The molecule has 0 spiro atoms. The summed E-state index contributed by atoms with van der Waals surface area (Å²) >= 11 is 0. The molecule has 3 rings (SSSR count). The second-order valence-electron chi connectivity index (χ2n) is 5.36. The minimum Gasteiger partial charge on any atom is -0.493 e. The maximum atomic E-state index is 10.9. The summed E-state index contributed by atoms with van der Waals surface area (Å²) in [6.07, 6.45) is 5.03. The molecule has 2 heterocycles. The van der Waals surface area contributed by atoms with Crippen molar-refractivity contribution < 1.29 is 9.84 Å². The van der Waals surface area contributed by atoms with Crippen molar-refractivity contribution in [1.29, 1.82) is 0 Å². The fraction of sp³-hybridized carbons (Fsp3) is 0.769. The molecule has 100 valence electrons. The van der Waals surface area contributed by atoms with Crippen LogP contribution in [0.4, 0.5) is 0 Å². The molecule has 1 aliphatic heterocycles. The number of ether oxygens (including phenoxy) is 1. The van der Waals surface area contributed by atoms with Gasteiger partial charge in [0.2, 0.25) is 0 Å². The molecule has 2 fully saturated rings. The molecule has 1 atom stereocenters. The molecule has 1 N–H and O–H groups in total. The highest BCUT2D eigenvalue weighted by molar-refractivity contribution is 5.32. The fourth-order valence-corrected chi connectivity index (χ4v) is 2.99. The highest BCUT2D eigenvalue weighted by atomic mass is 16.5. The van der Waals surface area contributed by atoms with Crippen LogP contribution in [0.15, 0.2) is 6.20 Å². The Morgan fingerprint density at radius 3 is 2.94 bits per heavy atom. The van der Waals surface area contributed by atoms with Gasteiger partial charge in [-0.2, -0.15) is 5.10 Å². The van der Waals surface area contributed by atoms with Crippen molar-refractivity contribution in [1.82, 2.24) is 14.7 Å². The predicted molar refractivity (Wildman–Crippen MR) is 67.6 cm³/mol. The Balaban J connectivity index is 1.90. The number of hydrogen-bond donors (Lipinski definition) is 1. The molecular weight excluding hydrogens is 230 g/mol. The Bertz CT molecular complexity index is 420. The van der Waals surface area contributed by atoms with Crippen molar-refractivity contribution in [3.8, 4) is 5.75 Å². The molecule has 1 aromatic rings. The highest BCUT2D eigenvalue weighted by Crippen LogP contribution is 2.41. The number of likely N-dealkylation sites (tertiary alicyclic amines) is 1. The van der Waals surface area contributed by atoms with Crippen LogP contribution in [0.1, 0.15) is 31.9 Å². The van der Waals surface area contributed by atoms with Gasteiger partial charge in [0.1, 0.15) is 11.3 Å². The molecule has 5 nitrogen and oxygen atoms in total. The van der Waals surface area contributed by atoms with Crippen LogP contribution in [0, 0.1) is 0 Å². The van der Waals surface area contributed by atoms with E-state index in [0.29, 0.717) is 18.3 Å². The summed E-state index contributed by atoms with van der Waals surface area (Å²) in [4.78, 5) is 2.40. The number of aliphatic hydroxyl groups is 1. The van der Waals surface area contributed by atoms with Crippen molar-refractivity contribution in [3.05, 3.63) is 11.9 Å². The van der Waals surface area contributed by atoms with Crippen LogP contribution in [0.3, 0.4) is 0 Å². The first kappa shape index (κ1) is 12.0. The monoisotopic (exact) mass is 251 g/mol. The maximum Gasteiger partial charge on any atom is 0.162 e. The van der Waals surface area contributed by atoms with Crippen LogP contribution in [0.5, 0.6) is 5.75 Å². The summed E-state index contributed by atoms with van der Waals surface area (Å²) in [5, 5.41) is 15.2. The molecule has 0 radical (unpaired) electrons. The van der Waals surface area contributed by atoms with Crippen LogP contribution in [-0.2, 0) is 12.1 Å². The summed E-state index contributed by atoms with van der Waals surface area (Å²) in [5.41, 5.74) is 0.0381. The van der Waals surface area contributed by atoms with Crippen LogP contribution in [-0.4, -0.2) is 46.0 Å². The molecular formula is C13H21N3O2. The topological polar surface area (TPSA) is 50.5 Å². The second-order valence-corrected chi connectivity index (χ2v) is 5.36. The summed E-state index contributed by atoms with van der Waals surface area (Å²) in [6.45, 7) is 4.47. The van der Waals surface area contributed by atoms with Crippen LogP contribution in [0.2, 0.25) is 0 Å². The Hall–Kier alpha value is -1.07. The zero-order valence-corrected chi connectivity index (χ0v) is 11.1. The third kappa shape index (κ3) is 1.82. The smallest absolute Gasteiger partial charge is 0.162 e. The molecule has 5 heteroatoms. The van der Waals surface area contributed by atoms with Crippen molar-refractivity contribution in [2.75, 3.05) is 20.2 Å². The SMILES string of the molecule is CCn1ncc(OC)c1C1(O)CCN(C2CC2)C1. The first-order valence-electron chi connectivity index (χ1n) is 6.74. The average molecular weight is 251 g/mol. The third-order valence-electron chi connectivity index (χ3n) is 4.11. The van der Waals surface area contributed by atoms with E-state index in [0.717, 1.165) is 25.2 Å². The lowest BCUT2D eigenvalue weighted by molar-refractivity contribution is 0.0338. The van der Waals surface area contributed by atoms with E-state index in [1.54, 1.807) is 13.3 Å². The minimum atomic E-state index is -0.805. The van der Waals surface area contributed by atoms with E-state index < -0.39 is 5.60 Å². The Morgan fingerprint density at radius 1 is 1.56 bits per heavy atom. The van der Waals surface area contributed by atoms with E-state index in [9.17, 15) is 5.11 Å². The van der Waals surface area contributed by atoms with E-state index in [-0.39, 0.29) is 0 Å². The van der Waals surface area contributed by atoms with Crippen LogP contribution >= 0.6 is 0 Å². The van der Waals surface area contributed by atoms with Crippen molar-refractivity contribution >= 4 is 0 Å². The number of aromatic nitrogens is 2. The van der Waals surface area contributed by atoms with E-state index in [4.69, 9.17) is 4.74 Å². The van der Waals surface area contributed by atoms with Crippen LogP contribution < -0.4 is 4.74 Å². The van der Waals surface area contributed by atoms with E-state index in [1.807, 2.05) is 11.6 Å². The number of β-amino-alcohol motifs (C(OH)–C–C–N with tert-alkyl or cyclic N) is 1. The highest BCUT2D eigenvalue weighted by Gasteiger charge is 2.46. The van der Waals surface area contributed by atoms with Gasteiger partial charge in [0.15, 0.2) is 5.75 Å². The summed E-state index contributed by atoms with van der Waals surface area (Å²) < 4.78 is 7.21. The van der Waals surface area contributed by atoms with Crippen molar-refractivity contribution in [2.45, 2.75) is 44.4 Å². The van der Waals surface area contributed by atoms with Gasteiger partial charge >= 0.3 is 0 Å². The van der Waals surface area contributed by atoms with Gasteiger partial charge in [-0.15, -0.1) is 0 Å². The van der Waals surface area contributed by atoms with Crippen LogP contribution in [0.25, 0.3) is 0 Å². The van der Waals surface area contributed by atoms with Crippen molar-refractivity contribution in [2.24, 2.45) is 0 Å². The molecule has 0 aromatic carbocycles. The molecule has 2 aliphatic rings. The molecule has 18 heavy (non-hydrogen) atoms. The first-order chi connectivity index (χ1) is 8.68.